The molecule has 1 fully saturated rings. The second-order valence-corrected chi connectivity index (χ2v) is 7.05. The van der Waals surface area contributed by atoms with Crippen LogP contribution in [0.25, 0.3) is 11.1 Å². The van der Waals surface area contributed by atoms with E-state index in [0.29, 0.717) is 12.1 Å². The van der Waals surface area contributed by atoms with Crippen LogP contribution in [-0.4, -0.2) is 35.3 Å². The summed E-state index contributed by atoms with van der Waals surface area (Å²) in [7, 11) is 0. The summed E-state index contributed by atoms with van der Waals surface area (Å²) in [6.45, 7) is 3.67. The molecule has 1 aliphatic rings. The molecule has 0 saturated carbocycles. The highest BCUT2D eigenvalue weighted by Gasteiger charge is 2.38. The van der Waals surface area contributed by atoms with Gasteiger partial charge in [0, 0.05) is 5.69 Å². The van der Waals surface area contributed by atoms with Crippen molar-refractivity contribution in [3.63, 3.8) is 0 Å². The number of carbonyl (C=O) groups excluding carboxylic acids is 3. The second-order valence-electron chi connectivity index (χ2n) is 7.05. The lowest BCUT2D eigenvalue weighted by molar-refractivity contribution is -0.131. The number of amides is 4. The molecule has 0 aromatic heterocycles. The molecular formula is C21H23N3O3. The van der Waals surface area contributed by atoms with Crippen LogP contribution in [0.5, 0.6) is 0 Å². The van der Waals surface area contributed by atoms with Crippen LogP contribution in [0.1, 0.15) is 20.3 Å². The third-order valence-corrected chi connectivity index (χ3v) is 4.39. The van der Waals surface area contributed by atoms with Crippen molar-refractivity contribution in [2.24, 2.45) is 5.92 Å². The minimum absolute atomic E-state index is 0.274. The molecule has 6 nitrogen and oxygen atoms in total. The predicted octanol–water partition coefficient (Wildman–Crippen LogP) is 3.26. The first kappa shape index (κ1) is 18.6. The fraction of sp³-hybridized carbons (Fsp3) is 0.286. The molecule has 1 heterocycles. The van der Waals surface area contributed by atoms with E-state index in [9.17, 15) is 14.4 Å². The topological polar surface area (TPSA) is 78.5 Å². The number of urea groups is 1. The van der Waals surface area contributed by atoms with Gasteiger partial charge in [0.25, 0.3) is 5.91 Å². The number of nitrogens with zero attached hydrogens (tertiary/aromatic N) is 1. The molecule has 2 aromatic rings. The van der Waals surface area contributed by atoms with Crippen molar-refractivity contribution in [2.75, 3.05) is 11.9 Å². The average molecular weight is 365 g/mol. The largest absolute Gasteiger partial charge is 0.326 e. The van der Waals surface area contributed by atoms with Crippen LogP contribution in [0, 0.1) is 5.92 Å². The van der Waals surface area contributed by atoms with E-state index in [1.54, 1.807) is 12.1 Å². The molecule has 0 bridgehead atoms. The number of benzene rings is 2. The van der Waals surface area contributed by atoms with E-state index >= 15 is 0 Å². The molecule has 2 aromatic carbocycles. The average Bonchev–Trinajstić information content (AvgIpc) is 2.90. The smallest absolute Gasteiger partial charge is 0.325 e. The monoisotopic (exact) mass is 365 g/mol. The lowest BCUT2D eigenvalue weighted by Crippen LogP contribution is -2.38. The molecular weight excluding hydrogens is 342 g/mol. The van der Waals surface area contributed by atoms with Crippen molar-refractivity contribution >= 4 is 23.5 Å². The first-order valence-electron chi connectivity index (χ1n) is 9.01. The number of nitrogens with one attached hydrogen (secondary N) is 2. The van der Waals surface area contributed by atoms with Crippen molar-refractivity contribution < 1.29 is 14.4 Å². The highest BCUT2D eigenvalue weighted by atomic mass is 16.2. The Morgan fingerprint density at radius 1 is 1.04 bits per heavy atom. The zero-order valence-corrected chi connectivity index (χ0v) is 15.4. The van der Waals surface area contributed by atoms with E-state index < -0.39 is 18.0 Å². The molecule has 4 amide bonds. The van der Waals surface area contributed by atoms with Crippen LogP contribution in [-0.2, 0) is 9.59 Å². The maximum absolute atomic E-state index is 12.3. The summed E-state index contributed by atoms with van der Waals surface area (Å²) < 4.78 is 0. The number of rotatable bonds is 6. The Morgan fingerprint density at radius 2 is 1.67 bits per heavy atom. The van der Waals surface area contributed by atoms with E-state index in [0.717, 1.165) is 16.0 Å². The maximum atomic E-state index is 12.3. The molecule has 1 atom stereocenters. The Bertz CT molecular complexity index is 832. The Labute approximate surface area is 158 Å². The summed E-state index contributed by atoms with van der Waals surface area (Å²) in [6.07, 6.45) is 0.559. The number of hydrogen-bond acceptors (Lipinski definition) is 3. The number of hydrogen-bond donors (Lipinski definition) is 2. The molecule has 0 aliphatic carbocycles. The van der Waals surface area contributed by atoms with Crippen LogP contribution in [0.4, 0.5) is 10.5 Å². The van der Waals surface area contributed by atoms with Gasteiger partial charge in [-0.15, -0.1) is 0 Å². The normalized spacial score (nSPS) is 16.6. The Morgan fingerprint density at radius 3 is 2.30 bits per heavy atom. The summed E-state index contributed by atoms with van der Waals surface area (Å²) in [4.78, 5) is 37.5. The van der Waals surface area contributed by atoms with E-state index in [2.05, 4.69) is 10.6 Å². The van der Waals surface area contributed by atoms with Crippen LogP contribution in [0.15, 0.2) is 54.6 Å². The molecule has 2 N–H and O–H groups in total. The molecule has 3 rings (SSSR count). The fourth-order valence-electron chi connectivity index (χ4n) is 3.08. The molecule has 27 heavy (non-hydrogen) atoms. The van der Waals surface area contributed by atoms with E-state index in [-0.39, 0.29) is 18.4 Å². The summed E-state index contributed by atoms with van der Waals surface area (Å²) in [5.74, 6) is -0.476. The highest BCUT2D eigenvalue weighted by molar-refractivity contribution is 6.07. The van der Waals surface area contributed by atoms with Gasteiger partial charge in [-0.2, -0.15) is 0 Å². The summed E-state index contributed by atoms with van der Waals surface area (Å²) >= 11 is 0. The van der Waals surface area contributed by atoms with Crippen LogP contribution in [0.2, 0.25) is 0 Å². The van der Waals surface area contributed by atoms with Gasteiger partial charge in [0.2, 0.25) is 5.91 Å². The SMILES string of the molecule is CC(C)C[C@@H]1NC(=O)N(CC(=O)Nc2ccc(-c3ccccc3)cc2)C1=O. The Kier molecular flexibility index (Phi) is 5.54. The summed E-state index contributed by atoms with van der Waals surface area (Å²) in [5, 5.41) is 5.37. The Balaban J connectivity index is 1.59. The number of imide groups is 1. The molecule has 1 saturated heterocycles. The van der Waals surface area contributed by atoms with Gasteiger partial charge < -0.3 is 10.6 Å². The minimum atomic E-state index is -0.546. The van der Waals surface area contributed by atoms with E-state index in [1.165, 1.54) is 0 Å². The molecule has 1 aliphatic heterocycles. The quantitative estimate of drug-likeness (QED) is 0.771. The number of carbonyl (C=O) groups is 3. The zero-order valence-electron chi connectivity index (χ0n) is 15.4. The summed E-state index contributed by atoms with van der Waals surface area (Å²) in [6, 6.07) is 16.3. The van der Waals surface area contributed by atoms with Crippen molar-refractivity contribution in [3.05, 3.63) is 54.6 Å². The van der Waals surface area contributed by atoms with Crippen molar-refractivity contribution in [1.29, 1.82) is 0 Å². The van der Waals surface area contributed by atoms with Gasteiger partial charge in [-0.05, 0) is 35.6 Å². The summed E-state index contributed by atoms with van der Waals surface area (Å²) in [5.41, 5.74) is 2.75. The van der Waals surface area contributed by atoms with Crippen molar-refractivity contribution in [2.45, 2.75) is 26.3 Å². The van der Waals surface area contributed by atoms with Gasteiger partial charge >= 0.3 is 6.03 Å². The van der Waals surface area contributed by atoms with Gasteiger partial charge in [-0.25, -0.2) is 4.79 Å². The highest BCUT2D eigenvalue weighted by Crippen LogP contribution is 2.21. The minimum Gasteiger partial charge on any atom is -0.326 e. The van der Waals surface area contributed by atoms with E-state index in [1.807, 2.05) is 56.3 Å². The number of anilines is 1. The van der Waals surface area contributed by atoms with Gasteiger partial charge in [-0.3, -0.25) is 14.5 Å². The lowest BCUT2D eigenvalue weighted by Gasteiger charge is -2.14. The van der Waals surface area contributed by atoms with Crippen molar-refractivity contribution in [3.8, 4) is 11.1 Å². The second kappa shape index (κ2) is 8.03. The standard InChI is InChI=1S/C21H23N3O3/c1-14(2)12-18-20(26)24(21(27)23-18)13-19(25)22-17-10-8-16(9-11-17)15-6-4-3-5-7-15/h3-11,14,18H,12-13H2,1-2H3,(H,22,25)(H,23,27)/t18-/m0/s1. The molecule has 0 unspecified atom stereocenters. The first-order valence-corrected chi connectivity index (χ1v) is 9.01. The lowest BCUT2D eigenvalue weighted by atomic mass is 10.0. The maximum Gasteiger partial charge on any atom is 0.325 e. The Hall–Kier alpha value is -3.15. The fourth-order valence-corrected chi connectivity index (χ4v) is 3.08. The molecule has 0 spiro atoms. The third kappa shape index (κ3) is 4.53. The third-order valence-electron chi connectivity index (χ3n) is 4.39. The first-order chi connectivity index (χ1) is 12.9. The predicted molar refractivity (Wildman–Crippen MR) is 104 cm³/mol. The van der Waals surface area contributed by atoms with Crippen LogP contribution < -0.4 is 10.6 Å². The molecule has 0 radical (unpaired) electrons. The van der Waals surface area contributed by atoms with E-state index in [4.69, 9.17) is 0 Å². The molecule has 140 valence electrons. The van der Waals surface area contributed by atoms with Crippen molar-refractivity contribution in [1.82, 2.24) is 10.2 Å². The van der Waals surface area contributed by atoms with Gasteiger partial charge in [0.15, 0.2) is 0 Å². The van der Waals surface area contributed by atoms with Crippen LogP contribution >= 0.6 is 0 Å². The molecule has 6 heteroatoms. The zero-order chi connectivity index (χ0) is 19.4. The van der Waals surface area contributed by atoms with Gasteiger partial charge in [-0.1, -0.05) is 56.3 Å². The van der Waals surface area contributed by atoms with Gasteiger partial charge in [0.1, 0.15) is 12.6 Å². The van der Waals surface area contributed by atoms with Gasteiger partial charge in [0.05, 0.1) is 0 Å². The van der Waals surface area contributed by atoms with Crippen LogP contribution in [0.3, 0.4) is 0 Å².